The van der Waals surface area contributed by atoms with Crippen LogP contribution in [-0.4, -0.2) is 39.1 Å². The molecule has 0 aromatic heterocycles. The van der Waals surface area contributed by atoms with E-state index in [0.717, 1.165) is 31.6 Å². The summed E-state index contributed by atoms with van der Waals surface area (Å²) in [6, 6.07) is 8.87. The van der Waals surface area contributed by atoms with Crippen LogP contribution in [0.3, 0.4) is 0 Å². The zero-order valence-corrected chi connectivity index (χ0v) is 13.2. The summed E-state index contributed by atoms with van der Waals surface area (Å²) in [7, 11) is -2.78. The van der Waals surface area contributed by atoms with E-state index in [9.17, 15) is 8.42 Å². The third-order valence-electron chi connectivity index (χ3n) is 4.51. The SMILES string of the molecule is O=S1(=O)CCC(Nc2ccc(N3CCCCC3)cc2)CC1. The second kappa shape index (κ2) is 6.26. The third kappa shape index (κ3) is 3.90. The number of hydrogen-bond acceptors (Lipinski definition) is 4. The van der Waals surface area contributed by atoms with Crippen molar-refractivity contribution in [1.82, 2.24) is 0 Å². The highest BCUT2D eigenvalue weighted by Crippen LogP contribution is 2.23. The van der Waals surface area contributed by atoms with E-state index in [1.807, 2.05) is 0 Å². The Balaban J connectivity index is 1.57. The molecule has 116 valence electrons. The molecule has 0 unspecified atom stereocenters. The van der Waals surface area contributed by atoms with Crippen molar-refractivity contribution in [3.63, 3.8) is 0 Å². The largest absolute Gasteiger partial charge is 0.382 e. The zero-order chi connectivity index (χ0) is 14.7. The van der Waals surface area contributed by atoms with Crippen molar-refractivity contribution < 1.29 is 8.42 Å². The van der Waals surface area contributed by atoms with Crippen LogP contribution < -0.4 is 10.2 Å². The minimum atomic E-state index is -2.78. The molecule has 0 atom stereocenters. The molecule has 0 bridgehead atoms. The molecule has 1 aromatic carbocycles. The van der Waals surface area contributed by atoms with E-state index >= 15 is 0 Å². The van der Waals surface area contributed by atoms with Crippen molar-refractivity contribution >= 4 is 21.2 Å². The van der Waals surface area contributed by atoms with Crippen molar-refractivity contribution in [3.8, 4) is 0 Å². The van der Waals surface area contributed by atoms with Gasteiger partial charge in [0.05, 0.1) is 11.5 Å². The van der Waals surface area contributed by atoms with Crippen LogP contribution in [0.4, 0.5) is 11.4 Å². The van der Waals surface area contributed by atoms with Gasteiger partial charge in [0.25, 0.3) is 0 Å². The van der Waals surface area contributed by atoms with Crippen molar-refractivity contribution in [3.05, 3.63) is 24.3 Å². The fourth-order valence-corrected chi connectivity index (χ4v) is 4.68. The third-order valence-corrected chi connectivity index (χ3v) is 6.23. The molecule has 3 rings (SSSR count). The molecule has 2 saturated heterocycles. The quantitative estimate of drug-likeness (QED) is 0.932. The van der Waals surface area contributed by atoms with E-state index in [1.54, 1.807) is 0 Å². The summed E-state index contributed by atoms with van der Waals surface area (Å²) in [4.78, 5) is 2.44. The average Bonchev–Trinajstić information content (AvgIpc) is 2.51. The maximum atomic E-state index is 11.4. The maximum Gasteiger partial charge on any atom is 0.150 e. The van der Waals surface area contributed by atoms with Crippen LogP contribution in [0.25, 0.3) is 0 Å². The van der Waals surface area contributed by atoms with Gasteiger partial charge >= 0.3 is 0 Å². The van der Waals surface area contributed by atoms with Crippen LogP contribution in [0.5, 0.6) is 0 Å². The van der Waals surface area contributed by atoms with Gasteiger partial charge in [0.15, 0.2) is 0 Å². The molecule has 2 aliphatic rings. The normalized spacial score (nSPS) is 23.0. The molecule has 0 radical (unpaired) electrons. The van der Waals surface area contributed by atoms with E-state index in [2.05, 4.69) is 34.5 Å². The number of hydrogen-bond donors (Lipinski definition) is 1. The lowest BCUT2D eigenvalue weighted by Crippen LogP contribution is -2.32. The van der Waals surface area contributed by atoms with Gasteiger partial charge in [0, 0.05) is 30.5 Å². The summed E-state index contributed by atoms with van der Waals surface area (Å²) in [6.45, 7) is 2.32. The fraction of sp³-hybridized carbons (Fsp3) is 0.625. The molecule has 2 heterocycles. The topological polar surface area (TPSA) is 49.4 Å². The smallest absolute Gasteiger partial charge is 0.150 e. The van der Waals surface area contributed by atoms with E-state index < -0.39 is 9.84 Å². The van der Waals surface area contributed by atoms with Gasteiger partial charge in [-0.3, -0.25) is 0 Å². The van der Waals surface area contributed by atoms with Crippen LogP contribution in [0.1, 0.15) is 32.1 Å². The predicted octanol–water partition coefficient (Wildman–Crippen LogP) is 2.67. The first kappa shape index (κ1) is 14.7. The summed E-state index contributed by atoms with van der Waals surface area (Å²) >= 11 is 0. The van der Waals surface area contributed by atoms with Gasteiger partial charge in [-0.2, -0.15) is 0 Å². The second-order valence-corrected chi connectivity index (χ2v) is 8.47. The Labute approximate surface area is 127 Å². The zero-order valence-electron chi connectivity index (χ0n) is 12.4. The van der Waals surface area contributed by atoms with Crippen molar-refractivity contribution in [2.75, 3.05) is 34.8 Å². The fourth-order valence-electron chi connectivity index (χ4n) is 3.19. The highest BCUT2D eigenvalue weighted by molar-refractivity contribution is 7.91. The Morgan fingerprint density at radius 1 is 0.952 bits per heavy atom. The average molecular weight is 308 g/mol. The number of sulfone groups is 1. The number of rotatable bonds is 3. The van der Waals surface area contributed by atoms with E-state index in [-0.39, 0.29) is 6.04 Å². The van der Waals surface area contributed by atoms with Crippen LogP contribution in [0.15, 0.2) is 24.3 Å². The van der Waals surface area contributed by atoms with Crippen molar-refractivity contribution in [1.29, 1.82) is 0 Å². The first-order valence-corrected chi connectivity index (χ1v) is 9.76. The van der Waals surface area contributed by atoms with Crippen molar-refractivity contribution in [2.24, 2.45) is 0 Å². The lowest BCUT2D eigenvalue weighted by Gasteiger charge is -2.29. The minimum absolute atomic E-state index is 0.286. The first-order valence-electron chi connectivity index (χ1n) is 7.94. The monoisotopic (exact) mass is 308 g/mol. The number of piperidine rings is 1. The van der Waals surface area contributed by atoms with E-state index in [0.29, 0.717) is 11.5 Å². The molecule has 1 N–H and O–H groups in total. The molecule has 1 aromatic rings. The number of nitrogens with zero attached hydrogens (tertiary/aromatic N) is 1. The van der Waals surface area contributed by atoms with Crippen LogP contribution >= 0.6 is 0 Å². The van der Waals surface area contributed by atoms with Gasteiger partial charge in [-0.1, -0.05) is 0 Å². The first-order chi connectivity index (χ1) is 10.1. The molecule has 0 spiro atoms. The van der Waals surface area contributed by atoms with E-state index in [1.165, 1.54) is 24.9 Å². The molecule has 0 saturated carbocycles. The molecule has 0 aliphatic carbocycles. The Morgan fingerprint density at radius 3 is 2.19 bits per heavy atom. The molecule has 2 fully saturated rings. The van der Waals surface area contributed by atoms with Crippen LogP contribution in [0.2, 0.25) is 0 Å². The predicted molar refractivity (Wildman–Crippen MR) is 87.8 cm³/mol. The molecule has 21 heavy (non-hydrogen) atoms. The molecular formula is C16H24N2O2S. The van der Waals surface area contributed by atoms with Gasteiger partial charge in [-0.15, -0.1) is 0 Å². The Hall–Kier alpha value is -1.23. The Kier molecular flexibility index (Phi) is 4.38. The van der Waals surface area contributed by atoms with Crippen LogP contribution in [0, 0.1) is 0 Å². The highest BCUT2D eigenvalue weighted by atomic mass is 32.2. The summed E-state index contributed by atoms with van der Waals surface area (Å²) in [5.74, 6) is 0.632. The molecule has 4 nitrogen and oxygen atoms in total. The molecule has 5 heteroatoms. The maximum absolute atomic E-state index is 11.4. The highest BCUT2D eigenvalue weighted by Gasteiger charge is 2.23. The summed E-state index contributed by atoms with van der Waals surface area (Å²) in [6.07, 6.45) is 5.36. The number of nitrogens with one attached hydrogen (secondary N) is 1. The van der Waals surface area contributed by atoms with Gasteiger partial charge in [-0.25, -0.2) is 8.42 Å². The van der Waals surface area contributed by atoms with Gasteiger partial charge in [-0.05, 0) is 56.4 Å². The summed E-state index contributed by atoms with van der Waals surface area (Å²) in [5, 5.41) is 3.47. The number of benzene rings is 1. The standard InChI is InChI=1S/C16H24N2O2S/c19-21(20)12-8-15(9-13-21)17-14-4-6-16(7-5-14)18-10-2-1-3-11-18/h4-7,15,17H,1-3,8-13H2. The lowest BCUT2D eigenvalue weighted by molar-refractivity contribution is 0.559. The lowest BCUT2D eigenvalue weighted by atomic mass is 10.1. The second-order valence-electron chi connectivity index (χ2n) is 6.17. The Bertz CT molecular complexity index is 548. The minimum Gasteiger partial charge on any atom is -0.382 e. The molecule has 0 amide bonds. The number of anilines is 2. The molecule has 2 aliphatic heterocycles. The Morgan fingerprint density at radius 2 is 1.57 bits per heavy atom. The summed E-state index contributed by atoms with van der Waals surface area (Å²) < 4.78 is 22.9. The summed E-state index contributed by atoms with van der Waals surface area (Å²) in [5.41, 5.74) is 2.39. The van der Waals surface area contributed by atoms with Gasteiger partial charge in [0.1, 0.15) is 9.84 Å². The van der Waals surface area contributed by atoms with E-state index in [4.69, 9.17) is 0 Å². The van der Waals surface area contributed by atoms with Gasteiger partial charge < -0.3 is 10.2 Å². The van der Waals surface area contributed by atoms with Gasteiger partial charge in [0.2, 0.25) is 0 Å². The molecular weight excluding hydrogens is 284 g/mol. The van der Waals surface area contributed by atoms with Crippen molar-refractivity contribution in [2.45, 2.75) is 38.1 Å². The van der Waals surface area contributed by atoms with Crippen LogP contribution in [-0.2, 0) is 9.84 Å².